The monoisotopic (exact) mass is 204 g/mol. The normalized spacial score (nSPS) is 12.8. The average Bonchev–Trinajstić information content (AvgIpc) is 2.01. The fourth-order valence-corrected chi connectivity index (χ4v) is 1.00. The van der Waals surface area contributed by atoms with E-state index in [0.717, 1.165) is 0 Å². The molecule has 0 heterocycles. The Morgan fingerprint density at radius 1 is 1.69 bits per heavy atom. The fourth-order valence-electron chi connectivity index (χ4n) is 0.638. The molecule has 0 saturated heterocycles. The van der Waals surface area contributed by atoms with Crippen molar-refractivity contribution >= 4 is 14.0 Å². The highest BCUT2D eigenvalue weighted by molar-refractivity contribution is 7.38. The van der Waals surface area contributed by atoms with Gasteiger partial charge in [-0.3, -0.25) is 4.79 Å². The van der Waals surface area contributed by atoms with Crippen LogP contribution in [0.3, 0.4) is 0 Å². The van der Waals surface area contributed by atoms with E-state index in [2.05, 4.69) is 4.74 Å². The third kappa shape index (κ3) is 7.38. The lowest BCUT2D eigenvalue weighted by Crippen LogP contribution is -2.15. The van der Waals surface area contributed by atoms with Crippen LogP contribution in [0.1, 0.15) is 13.3 Å². The van der Waals surface area contributed by atoms with Gasteiger partial charge in [-0.25, -0.2) is 0 Å². The topological polar surface area (TPSA) is 76.4 Å². The zero-order valence-corrected chi connectivity index (χ0v) is 8.41. The van der Waals surface area contributed by atoms with E-state index in [1.54, 1.807) is 6.07 Å². The summed E-state index contributed by atoms with van der Waals surface area (Å²) in [5.74, 6) is -0.507. The molecule has 0 aliphatic carbocycles. The van der Waals surface area contributed by atoms with Gasteiger partial charge in [-0.15, -0.1) is 4.52 Å². The number of esters is 1. The zero-order valence-electron chi connectivity index (χ0n) is 7.52. The number of hydrogen-bond acceptors (Lipinski definition) is 5. The minimum absolute atomic E-state index is 0.150. The summed E-state index contributed by atoms with van der Waals surface area (Å²) in [6.45, 7) is 2.80. The predicted molar refractivity (Wildman–Crippen MR) is 45.3 cm³/mol. The summed E-state index contributed by atoms with van der Waals surface area (Å²) in [6, 6.07) is 1.79. The van der Waals surface area contributed by atoms with E-state index in [0.29, 0.717) is 0 Å². The molecule has 0 N–H and O–H groups in total. The third-order valence-corrected chi connectivity index (χ3v) is 1.65. The van der Waals surface area contributed by atoms with Gasteiger partial charge in [0.2, 0.25) is 0 Å². The van der Waals surface area contributed by atoms with Crippen LogP contribution in [0.4, 0.5) is 0 Å². The van der Waals surface area contributed by atoms with Crippen LogP contribution in [-0.2, 0) is 18.6 Å². The van der Waals surface area contributed by atoms with Crippen LogP contribution in [0.15, 0.2) is 0 Å². The summed E-state index contributed by atoms with van der Waals surface area (Å²) < 4.78 is 19.8. The van der Waals surface area contributed by atoms with Crippen LogP contribution in [0.2, 0.25) is 0 Å². The van der Waals surface area contributed by atoms with Gasteiger partial charge in [0.15, 0.2) is 12.8 Å². The number of carbonyl (C=O) groups excluding carboxylic acids is 1. The quantitative estimate of drug-likeness (QED) is 0.497. The number of nitrogens with zero attached hydrogens (tertiary/aromatic N) is 1. The molecular formula is C7H11NO4P+. The van der Waals surface area contributed by atoms with E-state index in [1.165, 1.54) is 13.6 Å². The van der Waals surface area contributed by atoms with Crippen LogP contribution in [0.5, 0.6) is 0 Å². The predicted octanol–water partition coefficient (Wildman–Crippen LogP) is 1.22. The number of carbonyl (C=O) groups is 1. The van der Waals surface area contributed by atoms with Gasteiger partial charge < -0.3 is 4.74 Å². The van der Waals surface area contributed by atoms with E-state index >= 15 is 0 Å². The molecule has 0 saturated carbocycles. The SMILES string of the molecule is CC(=O)OC(C#N)CCO[P+](C)=O. The molecule has 2 atom stereocenters. The van der Waals surface area contributed by atoms with E-state index in [9.17, 15) is 9.36 Å². The first kappa shape index (κ1) is 12.0. The van der Waals surface area contributed by atoms with Crippen molar-refractivity contribution < 1.29 is 18.6 Å². The van der Waals surface area contributed by atoms with Crippen LogP contribution >= 0.6 is 8.03 Å². The molecule has 0 aromatic heterocycles. The summed E-state index contributed by atoms with van der Waals surface area (Å²) in [5, 5.41) is 8.48. The molecular weight excluding hydrogens is 193 g/mol. The Hall–Kier alpha value is -0.980. The maximum absolute atomic E-state index is 10.5. The number of ether oxygens (including phenoxy) is 1. The summed E-state index contributed by atoms with van der Waals surface area (Å²) in [5.41, 5.74) is 0. The number of rotatable bonds is 5. The second-order valence-corrected chi connectivity index (χ2v) is 3.43. The smallest absolute Gasteiger partial charge is 0.447 e. The first-order valence-electron chi connectivity index (χ1n) is 3.67. The highest BCUT2D eigenvalue weighted by Crippen LogP contribution is 2.15. The van der Waals surface area contributed by atoms with E-state index < -0.39 is 20.1 Å². The van der Waals surface area contributed by atoms with Crippen molar-refractivity contribution in [2.45, 2.75) is 19.4 Å². The molecule has 0 aromatic carbocycles. The molecule has 72 valence electrons. The second kappa shape index (κ2) is 6.53. The van der Waals surface area contributed by atoms with Gasteiger partial charge in [0.25, 0.3) is 0 Å². The highest BCUT2D eigenvalue weighted by Gasteiger charge is 2.13. The molecule has 0 radical (unpaired) electrons. The molecule has 0 aliphatic rings. The maximum Gasteiger partial charge on any atom is 0.504 e. The third-order valence-electron chi connectivity index (χ3n) is 1.11. The standard InChI is InChI=1S/C7H11NO4P/c1-6(9)12-7(5-8)3-4-11-13(2)10/h7H,3-4H2,1-2H3/q+1. The molecule has 13 heavy (non-hydrogen) atoms. The number of nitriles is 1. The molecule has 0 fully saturated rings. The van der Waals surface area contributed by atoms with E-state index in [1.807, 2.05) is 0 Å². The largest absolute Gasteiger partial charge is 0.504 e. The Kier molecular flexibility index (Phi) is 6.03. The fraction of sp³-hybridized carbons (Fsp3) is 0.714. The van der Waals surface area contributed by atoms with Gasteiger partial charge in [0.1, 0.15) is 12.7 Å². The van der Waals surface area contributed by atoms with Gasteiger partial charge >= 0.3 is 14.0 Å². The lowest BCUT2D eigenvalue weighted by atomic mass is 10.3. The van der Waals surface area contributed by atoms with Crippen molar-refractivity contribution in [3.05, 3.63) is 0 Å². The first-order chi connectivity index (χ1) is 6.06. The first-order valence-corrected chi connectivity index (χ1v) is 5.29. The molecule has 0 bridgehead atoms. The van der Waals surface area contributed by atoms with Crippen molar-refractivity contribution in [1.82, 2.24) is 0 Å². The van der Waals surface area contributed by atoms with Crippen molar-refractivity contribution in [1.29, 1.82) is 5.26 Å². The van der Waals surface area contributed by atoms with Gasteiger partial charge in [-0.2, -0.15) is 5.26 Å². The van der Waals surface area contributed by atoms with Crippen molar-refractivity contribution in [2.24, 2.45) is 0 Å². The second-order valence-electron chi connectivity index (χ2n) is 2.29. The summed E-state index contributed by atoms with van der Waals surface area (Å²) in [7, 11) is -1.66. The molecule has 2 unspecified atom stereocenters. The molecule has 6 heteroatoms. The molecule has 0 spiro atoms. The van der Waals surface area contributed by atoms with Crippen molar-refractivity contribution in [2.75, 3.05) is 13.3 Å². The van der Waals surface area contributed by atoms with Crippen molar-refractivity contribution in [3.63, 3.8) is 0 Å². The lowest BCUT2D eigenvalue weighted by molar-refractivity contribution is -0.144. The van der Waals surface area contributed by atoms with E-state index in [4.69, 9.17) is 9.79 Å². The molecule has 0 aromatic rings. The minimum atomic E-state index is -1.66. The average molecular weight is 204 g/mol. The number of hydrogen-bond donors (Lipinski definition) is 0. The van der Waals surface area contributed by atoms with Gasteiger partial charge in [0.05, 0.1) is 0 Å². The zero-order chi connectivity index (χ0) is 10.3. The maximum atomic E-state index is 10.5. The van der Waals surface area contributed by atoms with Crippen molar-refractivity contribution in [3.8, 4) is 6.07 Å². The van der Waals surface area contributed by atoms with Crippen LogP contribution in [-0.4, -0.2) is 25.3 Å². The Morgan fingerprint density at radius 3 is 2.69 bits per heavy atom. The summed E-state index contributed by atoms with van der Waals surface area (Å²) in [4.78, 5) is 10.4. The molecule has 0 amide bonds. The Labute approximate surface area is 77.5 Å². The van der Waals surface area contributed by atoms with Crippen LogP contribution in [0.25, 0.3) is 0 Å². The summed E-state index contributed by atoms with van der Waals surface area (Å²) in [6.07, 6.45) is -0.571. The Morgan fingerprint density at radius 2 is 2.31 bits per heavy atom. The van der Waals surface area contributed by atoms with Gasteiger partial charge in [0, 0.05) is 13.3 Å². The van der Waals surface area contributed by atoms with Crippen LogP contribution < -0.4 is 0 Å². The Balaban J connectivity index is 3.68. The van der Waals surface area contributed by atoms with Crippen LogP contribution in [0, 0.1) is 11.3 Å². The highest BCUT2D eigenvalue weighted by atomic mass is 31.1. The Bertz CT molecular complexity index is 235. The minimum Gasteiger partial charge on any atom is -0.447 e. The molecule has 5 nitrogen and oxygen atoms in total. The van der Waals surface area contributed by atoms with E-state index in [-0.39, 0.29) is 13.0 Å². The lowest BCUT2D eigenvalue weighted by Gasteiger charge is -2.05. The van der Waals surface area contributed by atoms with Gasteiger partial charge in [-0.05, 0) is 4.57 Å². The molecule has 0 aliphatic heterocycles. The van der Waals surface area contributed by atoms with Gasteiger partial charge in [-0.1, -0.05) is 0 Å². The summed E-state index contributed by atoms with van der Waals surface area (Å²) >= 11 is 0. The molecule has 0 rings (SSSR count).